The molecule has 11 rings (SSSR count). The van der Waals surface area contributed by atoms with Crippen LogP contribution in [0.25, 0.3) is 16.7 Å². The van der Waals surface area contributed by atoms with E-state index < -0.39 is 15.1 Å². The standard InChI is InChI=1S/C54H44N2O2S/c1-53(2)41-25-7-13-31-47(41)55(48-32-14-8-26-42(48)53)45-29-11-5-19-35(45)37-21-17-23-39-40-24-18-22-38(52(40)59(57,58)51(37)39)36-20-6-12-30-46(36)56-49-33-15-9-27-43(49)54(3,4)44-28-10-16-34-50(44)56/h5-34,39,51H,1-4H3. The lowest BCUT2D eigenvalue weighted by Gasteiger charge is -2.42. The van der Waals surface area contributed by atoms with Crippen molar-refractivity contribution in [3.63, 3.8) is 0 Å². The van der Waals surface area contributed by atoms with E-state index in [4.69, 9.17) is 0 Å². The van der Waals surface area contributed by atoms with Crippen LogP contribution in [-0.2, 0) is 20.7 Å². The van der Waals surface area contributed by atoms with E-state index in [1.54, 1.807) is 0 Å². The molecular formula is C54H44N2O2S. The minimum absolute atomic E-state index is 0.214. The Morgan fingerprint density at radius 2 is 0.831 bits per heavy atom. The van der Waals surface area contributed by atoms with Gasteiger partial charge < -0.3 is 9.80 Å². The summed E-state index contributed by atoms with van der Waals surface area (Å²) in [7, 11) is -3.91. The van der Waals surface area contributed by atoms with Crippen LogP contribution >= 0.6 is 0 Å². The van der Waals surface area contributed by atoms with Crippen LogP contribution in [0.5, 0.6) is 0 Å². The fourth-order valence-electron chi connectivity index (χ4n) is 10.7. The van der Waals surface area contributed by atoms with Gasteiger partial charge in [-0.25, -0.2) is 8.42 Å². The van der Waals surface area contributed by atoms with Crippen molar-refractivity contribution in [2.45, 2.75) is 54.6 Å². The van der Waals surface area contributed by atoms with E-state index >= 15 is 8.42 Å². The Morgan fingerprint density at radius 1 is 0.441 bits per heavy atom. The molecule has 0 amide bonds. The lowest BCUT2D eigenvalue weighted by Crippen LogP contribution is -2.31. The molecule has 7 aromatic carbocycles. The van der Waals surface area contributed by atoms with Crippen molar-refractivity contribution in [1.82, 2.24) is 0 Å². The highest BCUT2D eigenvalue weighted by atomic mass is 32.2. The third-order valence-electron chi connectivity index (χ3n) is 13.4. The minimum Gasteiger partial charge on any atom is -0.309 e. The monoisotopic (exact) mass is 784 g/mol. The van der Waals surface area contributed by atoms with Gasteiger partial charge in [0.2, 0.25) is 0 Å². The second-order valence-corrected chi connectivity index (χ2v) is 19.3. The fraction of sp³-hybridized carbons (Fsp3) is 0.148. The fourth-order valence-corrected chi connectivity index (χ4v) is 13.1. The largest absolute Gasteiger partial charge is 0.309 e. The molecule has 0 aromatic heterocycles. The summed E-state index contributed by atoms with van der Waals surface area (Å²) in [4.78, 5) is 5.09. The van der Waals surface area contributed by atoms with Gasteiger partial charge in [0.15, 0.2) is 9.84 Å². The molecule has 4 nitrogen and oxygen atoms in total. The predicted molar refractivity (Wildman–Crippen MR) is 243 cm³/mol. The quantitative estimate of drug-likeness (QED) is 0.178. The topological polar surface area (TPSA) is 40.6 Å². The first-order chi connectivity index (χ1) is 28.6. The number of para-hydroxylation sites is 6. The lowest BCUT2D eigenvalue weighted by atomic mass is 9.73. The summed E-state index contributed by atoms with van der Waals surface area (Å²) in [6.45, 7) is 9.14. The normalized spacial score (nSPS) is 19.7. The highest BCUT2D eigenvalue weighted by Crippen LogP contribution is 2.58. The number of sulfone groups is 1. The molecule has 2 unspecified atom stereocenters. The Kier molecular flexibility index (Phi) is 7.74. The highest BCUT2D eigenvalue weighted by molar-refractivity contribution is 7.93. The van der Waals surface area contributed by atoms with Crippen molar-refractivity contribution in [1.29, 1.82) is 0 Å². The smallest absolute Gasteiger partial charge is 0.187 e. The van der Waals surface area contributed by atoms with Crippen LogP contribution in [0.1, 0.15) is 67.0 Å². The molecule has 59 heavy (non-hydrogen) atoms. The summed E-state index contributed by atoms with van der Waals surface area (Å²) < 4.78 is 31.3. The maximum atomic E-state index is 15.6. The summed E-state index contributed by atoms with van der Waals surface area (Å²) in [5, 5.41) is -0.791. The molecule has 1 aliphatic carbocycles. The van der Waals surface area contributed by atoms with Crippen LogP contribution in [0.4, 0.5) is 34.1 Å². The molecule has 0 N–H and O–H groups in total. The number of rotatable bonds is 4. The van der Waals surface area contributed by atoms with Gasteiger partial charge in [0.1, 0.15) is 5.25 Å². The first kappa shape index (κ1) is 35.7. The van der Waals surface area contributed by atoms with Crippen molar-refractivity contribution in [2.75, 3.05) is 9.80 Å². The first-order valence-corrected chi connectivity index (χ1v) is 22.1. The highest BCUT2D eigenvalue weighted by Gasteiger charge is 2.49. The van der Waals surface area contributed by atoms with Gasteiger partial charge in [-0.15, -0.1) is 0 Å². The van der Waals surface area contributed by atoms with E-state index in [0.717, 1.165) is 62.0 Å². The molecule has 288 valence electrons. The van der Waals surface area contributed by atoms with Crippen molar-refractivity contribution >= 4 is 49.5 Å². The van der Waals surface area contributed by atoms with Crippen LogP contribution in [0.3, 0.4) is 0 Å². The summed E-state index contributed by atoms with van der Waals surface area (Å²) in [6, 6.07) is 57.1. The van der Waals surface area contributed by atoms with E-state index in [1.165, 1.54) is 22.3 Å². The molecule has 2 atom stereocenters. The average Bonchev–Trinajstić information content (AvgIpc) is 3.50. The molecule has 0 fully saturated rings. The third kappa shape index (κ3) is 4.98. The molecule has 3 aliphatic heterocycles. The van der Waals surface area contributed by atoms with Crippen LogP contribution in [0, 0.1) is 0 Å². The van der Waals surface area contributed by atoms with Gasteiger partial charge in [-0.3, -0.25) is 0 Å². The van der Waals surface area contributed by atoms with Gasteiger partial charge in [0.25, 0.3) is 0 Å². The maximum absolute atomic E-state index is 15.6. The zero-order valence-corrected chi connectivity index (χ0v) is 34.4. The molecule has 0 saturated heterocycles. The molecule has 7 aromatic rings. The second kappa shape index (κ2) is 12.8. The number of hydrogen-bond acceptors (Lipinski definition) is 4. The summed E-state index contributed by atoms with van der Waals surface area (Å²) in [5.74, 6) is -0.340. The Bertz CT molecular complexity index is 2960. The molecule has 0 saturated carbocycles. The van der Waals surface area contributed by atoms with Crippen LogP contribution in [0.2, 0.25) is 0 Å². The van der Waals surface area contributed by atoms with E-state index in [2.05, 4.69) is 183 Å². The number of benzene rings is 7. The van der Waals surface area contributed by atoms with Crippen molar-refractivity contribution in [3.05, 3.63) is 215 Å². The molecule has 5 heteroatoms. The van der Waals surface area contributed by atoms with Gasteiger partial charge in [0.05, 0.1) is 39.0 Å². The number of allylic oxidation sites excluding steroid dienone is 3. The SMILES string of the molecule is CC1(C)c2ccccc2N(c2ccccc2C2=CC=CC3c4cccc(-c5ccccc5N5c6ccccc6C(C)(C)c6ccccc65)c4S(=O)(=O)C23)c2ccccc21. The Morgan fingerprint density at radius 3 is 1.32 bits per heavy atom. The molecule has 0 bridgehead atoms. The summed E-state index contributed by atoms with van der Waals surface area (Å²) >= 11 is 0. The Balaban J connectivity index is 1.07. The summed E-state index contributed by atoms with van der Waals surface area (Å²) in [5.41, 5.74) is 15.0. The maximum Gasteiger partial charge on any atom is 0.187 e. The van der Waals surface area contributed by atoms with Gasteiger partial charge in [-0.05, 0) is 69.8 Å². The minimum atomic E-state index is -3.91. The van der Waals surface area contributed by atoms with Gasteiger partial charge in [-0.2, -0.15) is 0 Å². The van der Waals surface area contributed by atoms with Gasteiger partial charge in [0, 0.05) is 33.4 Å². The van der Waals surface area contributed by atoms with E-state index in [1.807, 2.05) is 36.4 Å². The third-order valence-corrected chi connectivity index (χ3v) is 15.7. The van der Waals surface area contributed by atoms with Gasteiger partial charge in [-0.1, -0.05) is 173 Å². The van der Waals surface area contributed by atoms with E-state index in [-0.39, 0.29) is 16.7 Å². The van der Waals surface area contributed by atoms with E-state index in [0.29, 0.717) is 4.90 Å². The molecule has 0 spiro atoms. The van der Waals surface area contributed by atoms with Crippen LogP contribution < -0.4 is 9.80 Å². The van der Waals surface area contributed by atoms with Crippen molar-refractivity contribution in [3.8, 4) is 11.1 Å². The second-order valence-electron chi connectivity index (χ2n) is 17.2. The van der Waals surface area contributed by atoms with Gasteiger partial charge >= 0.3 is 0 Å². The lowest BCUT2D eigenvalue weighted by molar-refractivity contribution is 0.593. The first-order valence-electron chi connectivity index (χ1n) is 20.5. The van der Waals surface area contributed by atoms with Crippen LogP contribution in [0.15, 0.2) is 187 Å². The number of nitrogens with zero attached hydrogens (tertiary/aromatic N) is 2. The summed E-state index contributed by atoms with van der Waals surface area (Å²) in [6.07, 6.45) is 6.18. The molecule has 0 radical (unpaired) electrons. The molecular weight excluding hydrogens is 741 g/mol. The number of anilines is 6. The number of fused-ring (bicyclic) bond motifs is 7. The van der Waals surface area contributed by atoms with Crippen molar-refractivity contribution in [2.24, 2.45) is 0 Å². The number of hydrogen-bond donors (Lipinski definition) is 0. The zero-order chi connectivity index (χ0) is 40.3. The predicted octanol–water partition coefficient (Wildman–Crippen LogP) is 13.5. The van der Waals surface area contributed by atoms with E-state index in [9.17, 15) is 0 Å². The Hall–Kier alpha value is -6.43. The molecule has 4 aliphatic rings. The van der Waals surface area contributed by atoms with Crippen LogP contribution in [-0.4, -0.2) is 13.7 Å². The molecule has 3 heterocycles. The zero-order valence-electron chi connectivity index (χ0n) is 33.6. The average molecular weight is 785 g/mol. The Labute approximate surface area is 347 Å². The van der Waals surface area contributed by atoms with Crippen molar-refractivity contribution < 1.29 is 8.42 Å².